The van der Waals surface area contributed by atoms with Gasteiger partial charge in [0.1, 0.15) is 5.82 Å². The summed E-state index contributed by atoms with van der Waals surface area (Å²) in [6.07, 6.45) is 1.48. The molecule has 0 bridgehead atoms. The minimum absolute atomic E-state index is 0. The van der Waals surface area contributed by atoms with E-state index in [4.69, 9.17) is 0 Å². The molecule has 0 aliphatic carbocycles. The fraction of sp³-hybridized carbons (Fsp3) is 0.480. The molecule has 1 aromatic heterocycles. The minimum Gasteiger partial charge on any atom is -0.465 e. The van der Waals surface area contributed by atoms with E-state index in [-0.39, 0.29) is 36.4 Å². The first kappa shape index (κ1) is 25.8. The number of nitrogens with one attached hydrogen (secondary N) is 1. The van der Waals surface area contributed by atoms with Crippen molar-refractivity contribution in [3.05, 3.63) is 42.1 Å². The summed E-state index contributed by atoms with van der Waals surface area (Å²) in [5, 5.41) is 13.3. The van der Waals surface area contributed by atoms with Gasteiger partial charge in [0.2, 0.25) is 5.91 Å². The van der Waals surface area contributed by atoms with Gasteiger partial charge in [0.25, 0.3) is 0 Å². The number of pyridine rings is 1. The van der Waals surface area contributed by atoms with Gasteiger partial charge in [0.15, 0.2) is 0 Å². The molecule has 34 heavy (non-hydrogen) atoms. The zero-order valence-corrected chi connectivity index (χ0v) is 21.0. The van der Waals surface area contributed by atoms with E-state index in [9.17, 15) is 14.7 Å². The fourth-order valence-corrected chi connectivity index (χ4v) is 5.11. The van der Waals surface area contributed by atoms with Crippen LogP contribution in [-0.4, -0.2) is 65.3 Å². The highest BCUT2D eigenvalue weighted by molar-refractivity contribution is 5.94. The van der Waals surface area contributed by atoms with Crippen molar-refractivity contribution in [1.82, 2.24) is 15.2 Å². The number of rotatable bonds is 4. The summed E-state index contributed by atoms with van der Waals surface area (Å²) in [6, 6.07) is 9.47. The summed E-state index contributed by atoms with van der Waals surface area (Å²) in [7, 11) is 0. The van der Waals surface area contributed by atoms with Crippen LogP contribution in [0.4, 0.5) is 16.3 Å². The monoisotopic (exact) mass is 487 g/mol. The van der Waals surface area contributed by atoms with Gasteiger partial charge in [0.05, 0.1) is 6.04 Å². The number of benzene rings is 1. The van der Waals surface area contributed by atoms with Crippen LogP contribution >= 0.6 is 12.4 Å². The Morgan fingerprint density at radius 1 is 1.15 bits per heavy atom. The van der Waals surface area contributed by atoms with Gasteiger partial charge in [-0.15, -0.1) is 12.4 Å². The summed E-state index contributed by atoms with van der Waals surface area (Å²) in [4.78, 5) is 34.8. The first-order valence-electron chi connectivity index (χ1n) is 11.6. The SMILES string of the molecule is CC(=O)N1c2ccc(-c3ccc(N4CCNCC4)nc3)cc2[C@H](N(C(=O)O)C(C)C)C[C@@H]1C.Cl. The average Bonchev–Trinajstić information content (AvgIpc) is 2.79. The number of fused-ring (bicyclic) bond motifs is 1. The van der Waals surface area contributed by atoms with E-state index in [0.717, 1.165) is 54.4 Å². The third-order valence-corrected chi connectivity index (χ3v) is 6.63. The molecule has 2 aromatic rings. The lowest BCUT2D eigenvalue weighted by molar-refractivity contribution is -0.117. The van der Waals surface area contributed by atoms with Crippen molar-refractivity contribution in [3.63, 3.8) is 0 Å². The summed E-state index contributed by atoms with van der Waals surface area (Å²) in [5.74, 6) is 0.924. The highest BCUT2D eigenvalue weighted by Crippen LogP contribution is 2.43. The smallest absolute Gasteiger partial charge is 0.408 e. The second-order valence-corrected chi connectivity index (χ2v) is 9.19. The maximum atomic E-state index is 12.4. The van der Waals surface area contributed by atoms with Gasteiger partial charge in [-0.25, -0.2) is 9.78 Å². The molecule has 2 atom stereocenters. The van der Waals surface area contributed by atoms with E-state index < -0.39 is 6.09 Å². The van der Waals surface area contributed by atoms with Crippen LogP contribution in [-0.2, 0) is 4.79 Å². The van der Waals surface area contributed by atoms with Crippen LogP contribution in [0, 0.1) is 0 Å². The Kier molecular flexibility index (Phi) is 8.05. The maximum Gasteiger partial charge on any atom is 0.408 e. The number of anilines is 2. The number of aromatic nitrogens is 1. The van der Waals surface area contributed by atoms with Crippen molar-refractivity contribution < 1.29 is 14.7 Å². The lowest BCUT2D eigenvalue weighted by Crippen LogP contribution is -2.48. The number of halogens is 1. The van der Waals surface area contributed by atoms with Crippen LogP contribution in [0.1, 0.15) is 45.7 Å². The first-order valence-corrected chi connectivity index (χ1v) is 11.6. The maximum absolute atomic E-state index is 12.4. The highest BCUT2D eigenvalue weighted by Gasteiger charge is 2.38. The number of carboxylic acid groups (broad SMARTS) is 1. The standard InChI is InChI=1S/C25H33N5O3.ClH/c1-16(2)29(25(32)33)23-13-17(3)30(18(4)31)22-7-5-19(14-21(22)23)20-6-8-24(27-15-20)28-11-9-26-10-12-28;/h5-8,14-17,23,26H,9-13H2,1-4H3,(H,32,33);1H/t17-,23+;/m0./s1. The predicted molar refractivity (Wildman–Crippen MR) is 137 cm³/mol. The predicted octanol–water partition coefficient (Wildman–Crippen LogP) is 4.15. The van der Waals surface area contributed by atoms with Crippen molar-refractivity contribution in [2.24, 2.45) is 0 Å². The molecule has 2 aliphatic rings. The first-order chi connectivity index (χ1) is 15.8. The molecule has 2 aliphatic heterocycles. The third kappa shape index (κ3) is 4.98. The Bertz CT molecular complexity index is 1020. The lowest BCUT2D eigenvalue weighted by atomic mass is 9.88. The van der Waals surface area contributed by atoms with Crippen molar-refractivity contribution in [3.8, 4) is 11.1 Å². The van der Waals surface area contributed by atoms with Crippen molar-refractivity contribution in [2.75, 3.05) is 36.0 Å². The Labute approximate surface area is 207 Å². The number of carbonyl (C=O) groups is 2. The molecule has 9 heteroatoms. The molecular weight excluding hydrogens is 454 g/mol. The van der Waals surface area contributed by atoms with Crippen molar-refractivity contribution >= 4 is 35.9 Å². The second-order valence-electron chi connectivity index (χ2n) is 9.19. The van der Waals surface area contributed by atoms with E-state index in [1.165, 1.54) is 4.90 Å². The summed E-state index contributed by atoms with van der Waals surface area (Å²) in [5.41, 5.74) is 3.58. The quantitative estimate of drug-likeness (QED) is 0.673. The van der Waals surface area contributed by atoms with Gasteiger partial charge < -0.3 is 20.2 Å². The van der Waals surface area contributed by atoms with Gasteiger partial charge in [0, 0.05) is 62.6 Å². The zero-order valence-electron chi connectivity index (χ0n) is 20.2. The Hall–Kier alpha value is -2.84. The molecule has 0 spiro atoms. The van der Waals surface area contributed by atoms with E-state index in [2.05, 4.69) is 21.3 Å². The van der Waals surface area contributed by atoms with E-state index in [0.29, 0.717) is 6.42 Å². The molecule has 2 N–H and O–H groups in total. The third-order valence-electron chi connectivity index (χ3n) is 6.63. The molecule has 0 radical (unpaired) electrons. The number of nitrogens with zero attached hydrogens (tertiary/aromatic N) is 4. The van der Waals surface area contributed by atoms with Gasteiger partial charge >= 0.3 is 6.09 Å². The summed E-state index contributed by atoms with van der Waals surface area (Å²) < 4.78 is 0. The summed E-state index contributed by atoms with van der Waals surface area (Å²) in [6.45, 7) is 11.1. The van der Waals surface area contributed by atoms with Crippen LogP contribution in [0.2, 0.25) is 0 Å². The largest absolute Gasteiger partial charge is 0.465 e. The van der Waals surface area contributed by atoms with Crippen LogP contribution < -0.4 is 15.1 Å². The Morgan fingerprint density at radius 3 is 2.38 bits per heavy atom. The second kappa shape index (κ2) is 10.6. The summed E-state index contributed by atoms with van der Waals surface area (Å²) >= 11 is 0. The molecule has 1 saturated heterocycles. The van der Waals surface area contributed by atoms with Crippen molar-refractivity contribution in [2.45, 2.75) is 52.2 Å². The van der Waals surface area contributed by atoms with E-state index in [1.54, 1.807) is 11.8 Å². The number of carbonyl (C=O) groups excluding carboxylic acids is 1. The average molecular weight is 488 g/mol. The van der Waals surface area contributed by atoms with Crippen LogP contribution in [0.5, 0.6) is 0 Å². The minimum atomic E-state index is -0.947. The van der Waals surface area contributed by atoms with Crippen LogP contribution in [0.25, 0.3) is 11.1 Å². The molecule has 0 saturated carbocycles. The molecule has 1 aromatic carbocycles. The molecule has 1 fully saturated rings. The zero-order chi connectivity index (χ0) is 23.7. The molecule has 4 rings (SSSR count). The van der Waals surface area contributed by atoms with Crippen LogP contribution in [0.15, 0.2) is 36.5 Å². The number of piperazine rings is 1. The van der Waals surface area contributed by atoms with E-state index in [1.807, 2.05) is 51.2 Å². The molecule has 2 amide bonds. The fourth-order valence-electron chi connectivity index (χ4n) is 5.11. The molecule has 3 heterocycles. The van der Waals surface area contributed by atoms with Gasteiger partial charge in [-0.05, 0) is 62.6 Å². The highest BCUT2D eigenvalue weighted by atomic mass is 35.5. The molecule has 0 unspecified atom stereocenters. The van der Waals surface area contributed by atoms with Crippen LogP contribution in [0.3, 0.4) is 0 Å². The van der Waals surface area contributed by atoms with Gasteiger partial charge in [-0.2, -0.15) is 0 Å². The van der Waals surface area contributed by atoms with Gasteiger partial charge in [-0.1, -0.05) is 6.07 Å². The number of hydrogen-bond acceptors (Lipinski definition) is 5. The number of amides is 2. The molecule has 8 nitrogen and oxygen atoms in total. The number of hydrogen-bond donors (Lipinski definition) is 2. The lowest BCUT2D eigenvalue weighted by Gasteiger charge is -2.43. The normalized spacial score (nSPS) is 19.9. The topological polar surface area (TPSA) is 89.0 Å². The molecular formula is C25H34ClN5O3. The Morgan fingerprint density at radius 2 is 1.82 bits per heavy atom. The van der Waals surface area contributed by atoms with E-state index >= 15 is 0 Å². The molecule has 184 valence electrons. The van der Waals surface area contributed by atoms with Crippen molar-refractivity contribution in [1.29, 1.82) is 0 Å². The van der Waals surface area contributed by atoms with Gasteiger partial charge in [-0.3, -0.25) is 9.69 Å². The Balaban J connectivity index is 0.00000324.